The third-order valence-electron chi connectivity index (χ3n) is 3.54. The van der Waals surface area contributed by atoms with E-state index in [0.717, 1.165) is 10.6 Å². The Morgan fingerprint density at radius 2 is 2.12 bits per heavy atom. The molecule has 7 heteroatoms. The molecule has 0 aliphatic rings. The van der Waals surface area contributed by atoms with Crippen LogP contribution in [0.3, 0.4) is 0 Å². The van der Waals surface area contributed by atoms with Gasteiger partial charge >= 0.3 is 5.97 Å². The molecule has 0 radical (unpaired) electrons. The molecule has 0 unspecified atom stereocenters. The van der Waals surface area contributed by atoms with E-state index in [-0.39, 0.29) is 12.0 Å². The zero-order valence-electron chi connectivity index (χ0n) is 13.4. The Labute approximate surface area is 141 Å². The zero-order valence-corrected chi connectivity index (χ0v) is 14.2. The monoisotopic (exact) mass is 345 g/mol. The second-order valence-corrected chi connectivity index (χ2v) is 6.27. The van der Waals surface area contributed by atoms with Gasteiger partial charge in [0, 0.05) is 11.4 Å². The highest BCUT2D eigenvalue weighted by Crippen LogP contribution is 2.27. The summed E-state index contributed by atoms with van der Waals surface area (Å²) in [5.74, 6) is -0.0153. The van der Waals surface area contributed by atoms with E-state index in [0.29, 0.717) is 28.0 Å². The number of aromatic nitrogens is 1. The van der Waals surface area contributed by atoms with E-state index >= 15 is 0 Å². The van der Waals surface area contributed by atoms with Gasteiger partial charge < -0.3 is 13.9 Å². The number of nitrogens with zero attached hydrogens (tertiary/aromatic N) is 1. The molecule has 0 saturated carbocycles. The van der Waals surface area contributed by atoms with Crippen LogP contribution in [-0.2, 0) is 9.53 Å². The molecule has 2 heterocycles. The second-order valence-electron chi connectivity index (χ2n) is 5.21. The van der Waals surface area contributed by atoms with Crippen molar-refractivity contribution >= 4 is 28.3 Å². The fourth-order valence-corrected chi connectivity index (χ4v) is 2.89. The van der Waals surface area contributed by atoms with E-state index in [1.165, 1.54) is 24.7 Å². The number of carbonyl (C=O) groups is 1. The molecule has 0 aliphatic carbocycles. The summed E-state index contributed by atoms with van der Waals surface area (Å²) in [6.07, 6.45) is 1.40. The van der Waals surface area contributed by atoms with Crippen molar-refractivity contribution < 1.29 is 18.7 Å². The number of aryl methyl sites for hydroxylation is 2. The van der Waals surface area contributed by atoms with Crippen molar-refractivity contribution in [2.24, 2.45) is 0 Å². The third-order valence-corrected chi connectivity index (χ3v) is 4.31. The number of fused-ring (bicyclic) bond motifs is 1. The summed E-state index contributed by atoms with van der Waals surface area (Å²) in [5, 5.41) is 3.15. The van der Waals surface area contributed by atoms with Crippen LogP contribution < -0.4 is 10.2 Å². The van der Waals surface area contributed by atoms with E-state index in [1.807, 2.05) is 12.3 Å². The molecule has 0 fully saturated rings. The predicted molar refractivity (Wildman–Crippen MR) is 90.6 cm³/mol. The number of hydrogen-bond acceptors (Lipinski definition) is 7. The van der Waals surface area contributed by atoms with E-state index in [9.17, 15) is 9.59 Å². The first-order valence-electron chi connectivity index (χ1n) is 7.18. The van der Waals surface area contributed by atoms with Crippen molar-refractivity contribution in [1.29, 1.82) is 0 Å². The highest BCUT2D eigenvalue weighted by molar-refractivity contribution is 7.09. The molecule has 0 atom stereocenters. The van der Waals surface area contributed by atoms with Crippen LogP contribution in [0.4, 0.5) is 0 Å². The Bertz CT molecular complexity index is 973. The third kappa shape index (κ3) is 3.03. The Morgan fingerprint density at radius 1 is 1.33 bits per heavy atom. The lowest BCUT2D eigenvalue weighted by molar-refractivity contribution is -0.142. The largest absolute Gasteiger partial charge is 0.481 e. The van der Waals surface area contributed by atoms with Gasteiger partial charge in [0.1, 0.15) is 17.6 Å². The molecule has 0 bridgehead atoms. The van der Waals surface area contributed by atoms with Crippen LogP contribution in [0.1, 0.15) is 10.6 Å². The molecule has 3 aromatic rings. The standard InChI is InChI=1S/C17H15NO5S/c1-9-4-11-15(5-14(9)23-7-16(19)21-3)22-6-12(17(11)20)13-8-24-10(2)18-13/h4-6,8H,7H2,1-3H3. The summed E-state index contributed by atoms with van der Waals surface area (Å²) in [4.78, 5) is 28.2. The van der Waals surface area contributed by atoms with E-state index in [1.54, 1.807) is 19.1 Å². The van der Waals surface area contributed by atoms with Crippen molar-refractivity contribution in [2.45, 2.75) is 13.8 Å². The van der Waals surface area contributed by atoms with Crippen molar-refractivity contribution in [3.63, 3.8) is 0 Å². The molecule has 1 aromatic carbocycles. The van der Waals surface area contributed by atoms with Crippen LogP contribution >= 0.6 is 11.3 Å². The number of ether oxygens (including phenoxy) is 2. The fourth-order valence-electron chi connectivity index (χ4n) is 2.28. The number of carbonyl (C=O) groups excluding carboxylic acids is 1. The topological polar surface area (TPSA) is 78.6 Å². The first-order chi connectivity index (χ1) is 11.5. The van der Waals surface area contributed by atoms with Crippen LogP contribution in [0.15, 0.2) is 33.0 Å². The van der Waals surface area contributed by atoms with E-state index < -0.39 is 5.97 Å². The predicted octanol–water partition coefficient (Wildman–Crippen LogP) is 3.09. The molecular formula is C17H15NO5S. The quantitative estimate of drug-likeness (QED) is 0.676. The molecule has 0 amide bonds. The zero-order chi connectivity index (χ0) is 17.3. The normalized spacial score (nSPS) is 10.8. The number of benzene rings is 1. The smallest absolute Gasteiger partial charge is 0.343 e. The van der Waals surface area contributed by atoms with Crippen LogP contribution in [0.2, 0.25) is 0 Å². The average Bonchev–Trinajstić information content (AvgIpc) is 2.99. The lowest BCUT2D eigenvalue weighted by Crippen LogP contribution is -2.13. The number of rotatable bonds is 4. The lowest BCUT2D eigenvalue weighted by Gasteiger charge is -2.09. The summed E-state index contributed by atoms with van der Waals surface area (Å²) in [7, 11) is 1.29. The summed E-state index contributed by atoms with van der Waals surface area (Å²) in [6, 6.07) is 3.29. The van der Waals surface area contributed by atoms with Gasteiger partial charge in [-0.1, -0.05) is 0 Å². The van der Waals surface area contributed by atoms with Gasteiger partial charge in [-0.3, -0.25) is 4.79 Å². The molecule has 24 heavy (non-hydrogen) atoms. The minimum atomic E-state index is -0.481. The molecule has 2 aromatic heterocycles. The highest BCUT2D eigenvalue weighted by atomic mass is 32.1. The molecule has 124 valence electrons. The van der Waals surface area contributed by atoms with Gasteiger partial charge in [0.25, 0.3) is 0 Å². The van der Waals surface area contributed by atoms with Crippen LogP contribution in [0.5, 0.6) is 5.75 Å². The Balaban J connectivity index is 2.04. The van der Waals surface area contributed by atoms with Gasteiger partial charge in [-0.25, -0.2) is 9.78 Å². The number of esters is 1. The molecule has 0 N–H and O–H groups in total. The Kier molecular flexibility index (Phi) is 4.35. The molecule has 0 spiro atoms. The summed E-state index contributed by atoms with van der Waals surface area (Å²) in [6.45, 7) is 3.47. The molecule has 3 rings (SSSR count). The molecule has 6 nitrogen and oxygen atoms in total. The van der Waals surface area contributed by atoms with Crippen LogP contribution in [0.25, 0.3) is 22.2 Å². The number of thiazole rings is 1. The van der Waals surface area contributed by atoms with Gasteiger partial charge in [-0.2, -0.15) is 0 Å². The summed E-state index contributed by atoms with van der Waals surface area (Å²) in [5.41, 5.74) is 2.00. The highest BCUT2D eigenvalue weighted by Gasteiger charge is 2.14. The lowest BCUT2D eigenvalue weighted by atomic mass is 10.1. The summed E-state index contributed by atoms with van der Waals surface area (Å²) < 4.78 is 15.5. The number of methoxy groups -OCH3 is 1. The fraction of sp³-hybridized carbons (Fsp3) is 0.235. The second kappa shape index (κ2) is 6.45. The minimum absolute atomic E-state index is 0.149. The first-order valence-corrected chi connectivity index (χ1v) is 8.06. The maximum absolute atomic E-state index is 12.7. The van der Waals surface area contributed by atoms with Crippen molar-refractivity contribution in [3.8, 4) is 17.0 Å². The van der Waals surface area contributed by atoms with Gasteiger partial charge in [0.15, 0.2) is 6.61 Å². The molecular weight excluding hydrogens is 330 g/mol. The van der Waals surface area contributed by atoms with Crippen molar-refractivity contribution in [1.82, 2.24) is 4.98 Å². The van der Waals surface area contributed by atoms with Gasteiger partial charge in [-0.15, -0.1) is 11.3 Å². The molecule has 0 aliphatic heterocycles. The summed E-state index contributed by atoms with van der Waals surface area (Å²) >= 11 is 1.47. The Hall–Kier alpha value is -2.67. The van der Waals surface area contributed by atoms with Gasteiger partial charge in [0.05, 0.1) is 28.8 Å². The van der Waals surface area contributed by atoms with Crippen LogP contribution in [0, 0.1) is 13.8 Å². The number of hydrogen-bond donors (Lipinski definition) is 0. The SMILES string of the molecule is COC(=O)COc1cc2occ(-c3csc(C)n3)c(=O)c2cc1C. The van der Waals surface area contributed by atoms with Crippen molar-refractivity contribution in [2.75, 3.05) is 13.7 Å². The Morgan fingerprint density at radius 3 is 2.79 bits per heavy atom. The maximum Gasteiger partial charge on any atom is 0.343 e. The van der Waals surface area contributed by atoms with Crippen molar-refractivity contribution in [3.05, 3.63) is 44.6 Å². The van der Waals surface area contributed by atoms with E-state index in [4.69, 9.17) is 9.15 Å². The average molecular weight is 345 g/mol. The maximum atomic E-state index is 12.7. The minimum Gasteiger partial charge on any atom is -0.481 e. The van der Waals surface area contributed by atoms with Gasteiger partial charge in [0.2, 0.25) is 5.43 Å². The first kappa shape index (κ1) is 16.2. The molecule has 0 saturated heterocycles. The van der Waals surface area contributed by atoms with Gasteiger partial charge in [-0.05, 0) is 25.5 Å². The van der Waals surface area contributed by atoms with E-state index in [2.05, 4.69) is 9.72 Å². The van der Waals surface area contributed by atoms with Crippen LogP contribution in [-0.4, -0.2) is 24.7 Å².